The maximum Gasteiger partial charge on any atom is 0.128 e. The van der Waals surface area contributed by atoms with Gasteiger partial charge in [-0.05, 0) is 30.5 Å². The monoisotopic (exact) mass is 202 g/mol. The molecular formula is C13H18N2. The second kappa shape index (κ2) is 3.84. The number of aliphatic imine (C=N–C) groups is 1. The van der Waals surface area contributed by atoms with Gasteiger partial charge in [0.1, 0.15) is 6.17 Å². The van der Waals surface area contributed by atoms with E-state index in [0.29, 0.717) is 5.92 Å². The zero-order chi connectivity index (χ0) is 10.1. The first-order valence-corrected chi connectivity index (χ1v) is 6.11. The van der Waals surface area contributed by atoms with Crippen molar-refractivity contribution in [1.82, 2.24) is 5.32 Å². The minimum atomic E-state index is 0.289. The lowest BCUT2D eigenvalue weighted by atomic mass is 9.82. The standard InChI is InChI=1S/C13H18N2/c1-2-4-10(5-3-1)12-8-11-6-7-14-13(11)15-9-12/h6-11,13-14H,1-5H2. The molecule has 2 aliphatic heterocycles. The van der Waals surface area contributed by atoms with Crippen LogP contribution < -0.4 is 5.32 Å². The van der Waals surface area contributed by atoms with Crippen molar-refractivity contribution in [2.45, 2.75) is 38.3 Å². The Bertz CT molecular complexity index is 321. The third kappa shape index (κ3) is 1.73. The molecular weight excluding hydrogens is 184 g/mol. The molecule has 1 aliphatic carbocycles. The van der Waals surface area contributed by atoms with Crippen LogP contribution in [0.5, 0.6) is 0 Å². The molecule has 0 radical (unpaired) electrons. The van der Waals surface area contributed by atoms with Crippen LogP contribution in [0.4, 0.5) is 0 Å². The van der Waals surface area contributed by atoms with Crippen molar-refractivity contribution in [2.24, 2.45) is 16.8 Å². The van der Waals surface area contributed by atoms with E-state index >= 15 is 0 Å². The van der Waals surface area contributed by atoms with E-state index in [9.17, 15) is 0 Å². The van der Waals surface area contributed by atoms with Crippen LogP contribution in [0, 0.1) is 11.8 Å². The summed E-state index contributed by atoms with van der Waals surface area (Å²) in [5.41, 5.74) is 1.49. The van der Waals surface area contributed by atoms with Crippen molar-refractivity contribution in [2.75, 3.05) is 0 Å². The molecule has 2 heterocycles. The maximum atomic E-state index is 4.58. The van der Waals surface area contributed by atoms with Gasteiger partial charge in [0, 0.05) is 12.1 Å². The topological polar surface area (TPSA) is 24.4 Å². The second-order valence-electron chi connectivity index (χ2n) is 4.83. The average molecular weight is 202 g/mol. The fourth-order valence-electron chi connectivity index (χ4n) is 2.88. The number of dihydropyridines is 1. The summed E-state index contributed by atoms with van der Waals surface area (Å²) < 4.78 is 0. The first-order chi connectivity index (χ1) is 7.43. The third-order valence-electron chi connectivity index (χ3n) is 3.80. The number of hydrogen-bond acceptors (Lipinski definition) is 2. The summed E-state index contributed by atoms with van der Waals surface area (Å²) in [6.07, 6.45) is 16.0. The molecule has 3 aliphatic rings. The number of fused-ring (bicyclic) bond motifs is 1. The van der Waals surface area contributed by atoms with E-state index in [2.05, 4.69) is 28.7 Å². The predicted octanol–water partition coefficient (Wildman–Crippen LogP) is 2.64. The van der Waals surface area contributed by atoms with Gasteiger partial charge in [0.15, 0.2) is 0 Å². The van der Waals surface area contributed by atoms with Crippen LogP contribution in [0.15, 0.2) is 28.9 Å². The number of allylic oxidation sites excluding steroid dienone is 1. The summed E-state index contributed by atoms with van der Waals surface area (Å²) in [5.74, 6) is 1.30. The van der Waals surface area contributed by atoms with E-state index < -0.39 is 0 Å². The SMILES string of the molecule is C1=CC2C=C(C3CCCCC3)C=NC2N1. The Labute approximate surface area is 91.2 Å². The highest BCUT2D eigenvalue weighted by molar-refractivity contribution is 5.80. The summed E-state index contributed by atoms with van der Waals surface area (Å²) in [6.45, 7) is 0. The van der Waals surface area contributed by atoms with E-state index in [-0.39, 0.29) is 6.17 Å². The van der Waals surface area contributed by atoms with Crippen LogP contribution in [0.1, 0.15) is 32.1 Å². The predicted molar refractivity (Wildman–Crippen MR) is 62.7 cm³/mol. The summed E-state index contributed by atoms with van der Waals surface area (Å²) in [6, 6.07) is 0. The minimum Gasteiger partial charge on any atom is -0.369 e. The van der Waals surface area contributed by atoms with Gasteiger partial charge in [0.2, 0.25) is 0 Å². The highest BCUT2D eigenvalue weighted by Gasteiger charge is 2.25. The maximum absolute atomic E-state index is 4.58. The molecule has 0 bridgehead atoms. The van der Waals surface area contributed by atoms with Gasteiger partial charge in [-0.1, -0.05) is 31.4 Å². The van der Waals surface area contributed by atoms with Crippen LogP contribution in [0.2, 0.25) is 0 Å². The Morgan fingerprint density at radius 3 is 2.93 bits per heavy atom. The highest BCUT2D eigenvalue weighted by atomic mass is 15.1. The lowest BCUT2D eigenvalue weighted by Gasteiger charge is -2.26. The van der Waals surface area contributed by atoms with Crippen LogP contribution in [-0.2, 0) is 0 Å². The van der Waals surface area contributed by atoms with Crippen molar-refractivity contribution < 1.29 is 0 Å². The van der Waals surface area contributed by atoms with E-state index in [1.165, 1.54) is 37.7 Å². The number of hydrogen-bond donors (Lipinski definition) is 1. The molecule has 0 aromatic heterocycles. The minimum absolute atomic E-state index is 0.289. The van der Waals surface area contributed by atoms with Gasteiger partial charge in [-0.3, -0.25) is 4.99 Å². The van der Waals surface area contributed by atoms with E-state index in [4.69, 9.17) is 0 Å². The van der Waals surface area contributed by atoms with Crippen molar-refractivity contribution in [3.8, 4) is 0 Å². The number of rotatable bonds is 1. The Balaban J connectivity index is 1.75. The lowest BCUT2D eigenvalue weighted by Crippen LogP contribution is -2.27. The van der Waals surface area contributed by atoms with Gasteiger partial charge in [-0.15, -0.1) is 0 Å². The van der Waals surface area contributed by atoms with E-state index in [1.54, 1.807) is 0 Å². The van der Waals surface area contributed by atoms with Crippen molar-refractivity contribution >= 4 is 6.21 Å². The second-order valence-corrected chi connectivity index (χ2v) is 4.83. The highest BCUT2D eigenvalue weighted by Crippen LogP contribution is 2.32. The lowest BCUT2D eigenvalue weighted by molar-refractivity contribution is 0.407. The molecule has 0 aromatic rings. The Hall–Kier alpha value is -1.05. The van der Waals surface area contributed by atoms with Gasteiger partial charge in [0.25, 0.3) is 0 Å². The van der Waals surface area contributed by atoms with Gasteiger partial charge < -0.3 is 5.32 Å². The first-order valence-electron chi connectivity index (χ1n) is 6.11. The molecule has 1 N–H and O–H groups in total. The molecule has 0 spiro atoms. The Kier molecular flexibility index (Phi) is 2.35. The fourth-order valence-corrected chi connectivity index (χ4v) is 2.88. The number of nitrogens with zero attached hydrogens (tertiary/aromatic N) is 1. The normalized spacial score (nSPS) is 34.8. The van der Waals surface area contributed by atoms with Crippen LogP contribution in [0.25, 0.3) is 0 Å². The van der Waals surface area contributed by atoms with Crippen LogP contribution in [-0.4, -0.2) is 12.4 Å². The van der Waals surface area contributed by atoms with E-state index in [1.807, 2.05) is 6.20 Å². The number of nitrogens with one attached hydrogen (secondary N) is 1. The summed E-state index contributed by atoms with van der Waals surface area (Å²) >= 11 is 0. The molecule has 3 rings (SSSR count). The molecule has 1 saturated carbocycles. The van der Waals surface area contributed by atoms with Gasteiger partial charge >= 0.3 is 0 Å². The zero-order valence-electron chi connectivity index (χ0n) is 9.02. The molecule has 2 unspecified atom stereocenters. The molecule has 2 atom stereocenters. The molecule has 2 nitrogen and oxygen atoms in total. The molecule has 0 saturated heterocycles. The van der Waals surface area contributed by atoms with E-state index in [0.717, 1.165) is 5.92 Å². The largest absolute Gasteiger partial charge is 0.369 e. The van der Waals surface area contributed by atoms with Crippen LogP contribution >= 0.6 is 0 Å². The molecule has 15 heavy (non-hydrogen) atoms. The van der Waals surface area contributed by atoms with Crippen LogP contribution in [0.3, 0.4) is 0 Å². The summed E-state index contributed by atoms with van der Waals surface area (Å²) in [4.78, 5) is 4.58. The summed E-state index contributed by atoms with van der Waals surface area (Å²) in [5, 5.41) is 3.26. The first kappa shape index (κ1) is 9.20. The molecule has 80 valence electrons. The fraction of sp³-hybridized carbons (Fsp3) is 0.615. The van der Waals surface area contributed by atoms with Gasteiger partial charge in [-0.25, -0.2) is 0 Å². The third-order valence-corrected chi connectivity index (χ3v) is 3.80. The smallest absolute Gasteiger partial charge is 0.128 e. The quantitative estimate of drug-likeness (QED) is 0.694. The average Bonchev–Trinajstić information content (AvgIpc) is 2.77. The van der Waals surface area contributed by atoms with Crippen molar-refractivity contribution in [1.29, 1.82) is 0 Å². The summed E-state index contributed by atoms with van der Waals surface area (Å²) in [7, 11) is 0. The Morgan fingerprint density at radius 2 is 2.07 bits per heavy atom. The molecule has 2 heteroatoms. The van der Waals surface area contributed by atoms with Gasteiger partial charge in [-0.2, -0.15) is 0 Å². The van der Waals surface area contributed by atoms with Crippen molar-refractivity contribution in [3.63, 3.8) is 0 Å². The van der Waals surface area contributed by atoms with Gasteiger partial charge in [0.05, 0.1) is 0 Å². The molecule has 0 aromatic carbocycles. The molecule has 1 fully saturated rings. The Morgan fingerprint density at radius 1 is 1.20 bits per heavy atom. The zero-order valence-corrected chi connectivity index (χ0v) is 9.02. The van der Waals surface area contributed by atoms with Crippen molar-refractivity contribution in [3.05, 3.63) is 23.9 Å². The molecule has 0 amide bonds.